The minimum absolute atomic E-state index is 0.0386. The molecule has 0 aliphatic rings. The van der Waals surface area contributed by atoms with Crippen molar-refractivity contribution in [3.8, 4) is 0 Å². The minimum atomic E-state index is -0.0386. The van der Waals surface area contributed by atoms with Crippen LogP contribution in [0.15, 0.2) is 29.0 Å². The predicted molar refractivity (Wildman–Crippen MR) is 52.0 cm³/mol. The van der Waals surface area contributed by atoms with Crippen molar-refractivity contribution in [2.75, 3.05) is 14.1 Å². The second kappa shape index (κ2) is 3.14. The molecule has 72 valence electrons. The maximum atomic E-state index is 11.6. The van der Waals surface area contributed by atoms with Crippen molar-refractivity contribution < 1.29 is 9.21 Å². The van der Waals surface area contributed by atoms with Crippen LogP contribution in [-0.2, 0) is 0 Å². The van der Waals surface area contributed by atoms with Gasteiger partial charge in [0.2, 0.25) is 0 Å². The summed E-state index contributed by atoms with van der Waals surface area (Å²) in [5.74, 6) is -0.0386. The van der Waals surface area contributed by atoms with Crippen LogP contribution in [0.25, 0.3) is 11.1 Å². The summed E-state index contributed by atoms with van der Waals surface area (Å²) in [5.41, 5.74) is 2.01. The number of carbonyl (C=O) groups excluding carboxylic acids is 1. The van der Waals surface area contributed by atoms with E-state index < -0.39 is 0 Å². The number of hydrogen-bond acceptors (Lipinski definition) is 3. The fourth-order valence-electron chi connectivity index (χ4n) is 1.25. The zero-order valence-electron chi connectivity index (χ0n) is 8.02. The lowest BCUT2D eigenvalue weighted by Gasteiger charge is -2.09. The molecule has 0 radical (unpaired) electrons. The largest absolute Gasteiger partial charge is 0.443 e. The van der Waals surface area contributed by atoms with E-state index in [0.29, 0.717) is 11.1 Å². The molecule has 1 aromatic carbocycles. The first-order chi connectivity index (χ1) is 6.68. The molecule has 0 bridgehead atoms. The monoisotopic (exact) mass is 190 g/mol. The topological polar surface area (TPSA) is 46.3 Å². The van der Waals surface area contributed by atoms with Gasteiger partial charge in [-0.3, -0.25) is 4.79 Å². The first-order valence-electron chi connectivity index (χ1n) is 4.23. The van der Waals surface area contributed by atoms with Crippen LogP contribution in [0.5, 0.6) is 0 Å². The molecule has 1 aromatic heterocycles. The van der Waals surface area contributed by atoms with E-state index in [-0.39, 0.29) is 5.91 Å². The lowest BCUT2D eigenvalue weighted by molar-refractivity contribution is 0.0827. The van der Waals surface area contributed by atoms with Crippen LogP contribution >= 0.6 is 0 Å². The molecule has 0 unspecified atom stereocenters. The number of nitrogens with zero attached hydrogens (tertiary/aromatic N) is 2. The second-order valence-electron chi connectivity index (χ2n) is 3.23. The van der Waals surface area contributed by atoms with Crippen LogP contribution < -0.4 is 0 Å². The Bertz CT molecular complexity index is 474. The maximum Gasteiger partial charge on any atom is 0.253 e. The van der Waals surface area contributed by atoms with Crippen molar-refractivity contribution in [3.63, 3.8) is 0 Å². The molecule has 0 atom stereocenters. The number of benzene rings is 1. The van der Waals surface area contributed by atoms with Crippen molar-refractivity contribution >= 4 is 17.0 Å². The van der Waals surface area contributed by atoms with Gasteiger partial charge in [0.15, 0.2) is 12.0 Å². The van der Waals surface area contributed by atoms with Gasteiger partial charge in [-0.05, 0) is 18.2 Å². The molecule has 0 spiro atoms. The van der Waals surface area contributed by atoms with Gasteiger partial charge >= 0.3 is 0 Å². The van der Waals surface area contributed by atoms with E-state index in [0.717, 1.165) is 5.52 Å². The molecule has 2 aromatic rings. The molecule has 0 saturated carbocycles. The Morgan fingerprint density at radius 1 is 1.43 bits per heavy atom. The molecule has 1 amide bonds. The number of oxazole rings is 1. The van der Waals surface area contributed by atoms with Crippen LogP contribution in [-0.4, -0.2) is 29.9 Å². The van der Waals surface area contributed by atoms with Gasteiger partial charge in [-0.2, -0.15) is 0 Å². The molecule has 0 N–H and O–H groups in total. The van der Waals surface area contributed by atoms with Gasteiger partial charge in [-0.15, -0.1) is 0 Å². The van der Waals surface area contributed by atoms with Crippen molar-refractivity contribution in [2.24, 2.45) is 0 Å². The third-order valence-electron chi connectivity index (χ3n) is 1.98. The molecular weight excluding hydrogens is 180 g/mol. The number of fused-ring (bicyclic) bond motifs is 1. The van der Waals surface area contributed by atoms with E-state index in [1.807, 2.05) is 0 Å². The number of rotatable bonds is 1. The molecule has 2 rings (SSSR count). The summed E-state index contributed by atoms with van der Waals surface area (Å²) in [6.07, 6.45) is 1.37. The van der Waals surface area contributed by atoms with Crippen LogP contribution in [0, 0.1) is 0 Å². The molecule has 0 aliphatic heterocycles. The predicted octanol–water partition coefficient (Wildman–Crippen LogP) is 1.53. The van der Waals surface area contributed by atoms with Crippen LogP contribution in [0.4, 0.5) is 0 Å². The Hall–Kier alpha value is -1.84. The molecule has 4 heteroatoms. The van der Waals surface area contributed by atoms with Gasteiger partial charge in [0, 0.05) is 19.7 Å². The third-order valence-corrected chi connectivity index (χ3v) is 1.98. The van der Waals surface area contributed by atoms with Crippen molar-refractivity contribution in [2.45, 2.75) is 0 Å². The molecule has 4 nitrogen and oxygen atoms in total. The Kier molecular flexibility index (Phi) is 1.96. The molecule has 0 fully saturated rings. The van der Waals surface area contributed by atoms with Crippen LogP contribution in [0.3, 0.4) is 0 Å². The van der Waals surface area contributed by atoms with Gasteiger partial charge in [-0.1, -0.05) is 0 Å². The summed E-state index contributed by atoms with van der Waals surface area (Å²) in [4.78, 5) is 17.1. The van der Waals surface area contributed by atoms with Gasteiger partial charge < -0.3 is 9.32 Å². The standard InChI is InChI=1S/C10H10N2O2/c1-12(2)10(13)7-3-4-8-9(5-7)14-6-11-8/h3-6H,1-2H3. The summed E-state index contributed by atoms with van der Waals surface area (Å²) in [6, 6.07) is 5.22. The highest BCUT2D eigenvalue weighted by Gasteiger charge is 2.09. The SMILES string of the molecule is CN(C)C(=O)c1ccc2ncoc2c1. The molecule has 0 saturated heterocycles. The lowest BCUT2D eigenvalue weighted by atomic mass is 10.2. The van der Waals surface area contributed by atoms with Gasteiger partial charge in [0.05, 0.1) is 0 Å². The van der Waals surface area contributed by atoms with E-state index >= 15 is 0 Å². The Labute approximate surface area is 81.1 Å². The van der Waals surface area contributed by atoms with E-state index in [4.69, 9.17) is 4.42 Å². The van der Waals surface area contributed by atoms with Gasteiger partial charge in [0.1, 0.15) is 5.52 Å². The van der Waals surface area contributed by atoms with Crippen molar-refractivity contribution in [3.05, 3.63) is 30.2 Å². The smallest absolute Gasteiger partial charge is 0.253 e. The molecule has 0 aliphatic carbocycles. The number of hydrogen-bond donors (Lipinski definition) is 0. The zero-order chi connectivity index (χ0) is 10.1. The highest BCUT2D eigenvalue weighted by atomic mass is 16.3. The van der Waals surface area contributed by atoms with E-state index in [2.05, 4.69) is 4.98 Å². The maximum absolute atomic E-state index is 11.6. The average Bonchev–Trinajstić information content (AvgIpc) is 2.62. The summed E-state index contributed by atoms with van der Waals surface area (Å²) < 4.78 is 5.11. The van der Waals surface area contributed by atoms with Gasteiger partial charge in [0.25, 0.3) is 5.91 Å². The first kappa shape index (κ1) is 8.74. The summed E-state index contributed by atoms with van der Waals surface area (Å²) in [7, 11) is 3.43. The lowest BCUT2D eigenvalue weighted by Crippen LogP contribution is -2.21. The quantitative estimate of drug-likeness (QED) is 0.685. The van der Waals surface area contributed by atoms with Gasteiger partial charge in [-0.25, -0.2) is 4.98 Å². The summed E-state index contributed by atoms with van der Waals surface area (Å²) in [6.45, 7) is 0. The van der Waals surface area contributed by atoms with E-state index in [1.54, 1.807) is 32.3 Å². The average molecular weight is 190 g/mol. The number of aromatic nitrogens is 1. The third kappa shape index (κ3) is 1.35. The minimum Gasteiger partial charge on any atom is -0.443 e. The number of amides is 1. The zero-order valence-corrected chi connectivity index (χ0v) is 8.02. The van der Waals surface area contributed by atoms with Crippen LogP contribution in [0.2, 0.25) is 0 Å². The summed E-state index contributed by atoms with van der Waals surface area (Å²) in [5, 5.41) is 0. The first-order valence-corrected chi connectivity index (χ1v) is 4.23. The van der Waals surface area contributed by atoms with Crippen molar-refractivity contribution in [1.29, 1.82) is 0 Å². The van der Waals surface area contributed by atoms with Crippen LogP contribution in [0.1, 0.15) is 10.4 Å². The molecule has 1 heterocycles. The fraction of sp³-hybridized carbons (Fsp3) is 0.200. The fourth-order valence-corrected chi connectivity index (χ4v) is 1.25. The van der Waals surface area contributed by atoms with Crippen molar-refractivity contribution in [1.82, 2.24) is 9.88 Å². The Morgan fingerprint density at radius 3 is 2.93 bits per heavy atom. The highest BCUT2D eigenvalue weighted by molar-refractivity contribution is 5.96. The Morgan fingerprint density at radius 2 is 2.21 bits per heavy atom. The molecule has 14 heavy (non-hydrogen) atoms. The molecular formula is C10H10N2O2. The van der Waals surface area contributed by atoms with E-state index in [1.165, 1.54) is 11.3 Å². The highest BCUT2D eigenvalue weighted by Crippen LogP contribution is 2.14. The van der Waals surface area contributed by atoms with E-state index in [9.17, 15) is 4.79 Å². The normalized spacial score (nSPS) is 10.4. The summed E-state index contributed by atoms with van der Waals surface area (Å²) >= 11 is 0. The second-order valence-corrected chi connectivity index (χ2v) is 3.23. The Balaban J connectivity index is 2.48. The number of carbonyl (C=O) groups is 1.